The first-order chi connectivity index (χ1) is 7.71. The molecule has 0 aliphatic heterocycles. The molecule has 1 aliphatic carbocycles. The zero-order valence-corrected chi connectivity index (χ0v) is 12.0. The Morgan fingerprint density at radius 3 is 1.94 bits per heavy atom. The van der Waals surface area contributed by atoms with Gasteiger partial charge in [-0.2, -0.15) is 0 Å². The van der Waals surface area contributed by atoms with Crippen LogP contribution >= 0.6 is 0 Å². The van der Waals surface area contributed by atoms with Gasteiger partial charge in [0.1, 0.15) is 11.5 Å². The molecule has 0 amide bonds. The second-order valence-corrected chi connectivity index (χ2v) is 8.97. The summed E-state index contributed by atoms with van der Waals surface area (Å²) in [5.41, 5.74) is 0. The molecule has 16 heavy (non-hydrogen) atoms. The van der Waals surface area contributed by atoms with Crippen LogP contribution in [-0.2, 0) is 9.16 Å². The Hall–Kier alpha value is -0.703. The van der Waals surface area contributed by atoms with Crippen LogP contribution < -0.4 is 0 Å². The molecule has 0 atom stereocenters. The minimum Gasteiger partial charge on any atom is -0.544 e. The van der Waals surface area contributed by atoms with Crippen molar-refractivity contribution in [3.05, 3.63) is 23.7 Å². The van der Waals surface area contributed by atoms with Gasteiger partial charge in [0, 0.05) is 12.8 Å². The van der Waals surface area contributed by atoms with E-state index in [1.54, 1.807) is 7.11 Å². The van der Waals surface area contributed by atoms with Crippen molar-refractivity contribution < 1.29 is 9.16 Å². The van der Waals surface area contributed by atoms with Crippen molar-refractivity contribution in [2.24, 2.45) is 0 Å². The second-order valence-electron chi connectivity index (χ2n) is 4.28. The van der Waals surface area contributed by atoms with Gasteiger partial charge in [-0.05, 0) is 18.1 Å². The van der Waals surface area contributed by atoms with Crippen molar-refractivity contribution in [3.63, 3.8) is 0 Å². The third kappa shape index (κ3) is 2.91. The minimum absolute atomic E-state index is 0.882. The first-order valence-corrected chi connectivity index (χ1v) is 8.84. The van der Waals surface area contributed by atoms with Crippen LogP contribution in [0.3, 0.4) is 0 Å². The fraction of sp³-hybridized carbons (Fsp3) is 0.692. The highest BCUT2D eigenvalue weighted by atomic mass is 28.4. The van der Waals surface area contributed by atoms with E-state index in [1.165, 1.54) is 18.1 Å². The molecule has 0 saturated heterocycles. The number of allylic oxidation sites excluding steroid dienone is 2. The topological polar surface area (TPSA) is 18.5 Å². The fourth-order valence-electron chi connectivity index (χ4n) is 2.13. The van der Waals surface area contributed by atoms with Crippen molar-refractivity contribution in [3.8, 4) is 0 Å². The van der Waals surface area contributed by atoms with Crippen LogP contribution in [0.4, 0.5) is 0 Å². The molecule has 0 radical (unpaired) electrons. The van der Waals surface area contributed by atoms with Crippen molar-refractivity contribution >= 4 is 8.32 Å². The van der Waals surface area contributed by atoms with Crippen LogP contribution in [0.2, 0.25) is 18.1 Å². The largest absolute Gasteiger partial charge is 0.544 e. The predicted octanol–water partition coefficient (Wildman–Crippen LogP) is 4.22. The van der Waals surface area contributed by atoms with Gasteiger partial charge in [0.25, 0.3) is 0 Å². The van der Waals surface area contributed by atoms with Crippen LogP contribution in [0.15, 0.2) is 23.7 Å². The average molecular weight is 240 g/mol. The summed E-state index contributed by atoms with van der Waals surface area (Å²) in [5, 5.41) is 0. The lowest BCUT2D eigenvalue weighted by Crippen LogP contribution is -2.35. The molecule has 0 heterocycles. The number of methoxy groups -OCH3 is 1. The Kier molecular flexibility index (Phi) is 5.12. The van der Waals surface area contributed by atoms with Crippen molar-refractivity contribution in [1.29, 1.82) is 0 Å². The van der Waals surface area contributed by atoms with Crippen LogP contribution in [-0.4, -0.2) is 15.4 Å². The summed E-state index contributed by atoms with van der Waals surface area (Å²) >= 11 is 0. The van der Waals surface area contributed by atoms with Gasteiger partial charge in [-0.1, -0.05) is 32.9 Å². The van der Waals surface area contributed by atoms with E-state index >= 15 is 0 Å². The average Bonchev–Trinajstić information content (AvgIpc) is 2.36. The summed E-state index contributed by atoms with van der Waals surface area (Å²) in [6, 6.07) is 3.55. The monoisotopic (exact) mass is 240 g/mol. The molecule has 0 aromatic carbocycles. The zero-order chi connectivity index (χ0) is 12.0. The van der Waals surface area contributed by atoms with E-state index in [1.807, 2.05) is 0 Å². The maximum atomic E-state index is 6.37. The molecular weight excluding hydrogens is 216 g/mol. The molecule has 0 aromatic rings. The van der Waals surface area contributed by atoms with Gasteiger partial charge in [0.05, 0.1) is 7.11 Å². The highest BCUT2D eigenvalue weighted by molar-refractivity contribution is 6.73. The molecule has 0 bridgehead atoms. The fourth-order valence-corrected chi connectivity index (χ4v) is 4.78. The smallest absolute Gasteiger partial charge is 0.250 e. The molecule has 0 N–H and O–H groups in total. The quantitative estimate of drug-likeness (QED) is 0.511. The molecule has 3 heteroatoms. The first-order valence-electron chi connectivity index (χ1n) is 6.31. The number of hydrogen-bond acceptors (Lipinski definition) is 2. The summed E-state index contributed by atoms with van der Waals surface area (Å²) in [6.07, 6.45) is 6.11. The maximum absolute atomic E-state index is 6.37. The van der Waals surface area contributed by atoms with Crippen LogP contribution in [0.25, 0.3) is 0 Å². The standard InChI is InChI=1S/C13H24O2Si/c1-5-16(6-2,7-3)15-13-11-9-8-10-12(13)14-4/h8-9H,5-7,10-11H2,1-4H3. The third-order valence-corrected chi connectivity index (χ3v) is 8.15. The molecular formula is C13H24O2Si. The summed E-state index contributed by atoms with van der Waals surface area (Å²) in [6.45, 7) is 6.76. The lowest BCUT2D eigenvalue weighted by Gasteiger charge is -2.31. The Bertz CT molecular complexity index is 269. The van der Waals surface area contributed by atoms with E-state index in [-0.39, 0.29) is 0 Å². The molecule has 0 spiro atoms. The molecule has 92 valence electrons. The molecule has 2 nitrogen and oxygen atoms in total. The van der Waals surface area contributed by atoms with Gasteiger partial charge in [0.15, 0.2) is 0 Å². The van der Waals surface area contributed by atoms with E-state index in [4.69, 9.17) is 9.16 Å². The predicted molar refractivity (Wildman–Crippen MR) is 70.7 cm³/mol. The molecule has 0 saturated carbocycles. The summed E-state index contributed by atoms with van der Waals surface area (Å²) in [5.74, 6) is 2.11. The van der Waals surface area contributed by atoms with Crippen molar-refractivity contribution in [1.82, 2.24) is 0 Å². The van der Waals surface area contributed by atoms with Gasteiger partial charge in [-0.3, -0.25) is 0 Å². The highest BCUT2D eigenvalue weighted by Crippen LogP contribution is 2.30. The van der Waals surface area contributed by atoms with Gasteiger partial charge >= 0.3 is 0 Å². The number of rotatable bonds is 6. The Balaban J connectivity index is 2.80. The lowest BCUT2D eigenvalue weighted by atomic mass is 10.1. The zero-order valence-electron chi connectivity index (χ0n) is 11.0. The second kappa shape index (κ2) is 6.14. The third-order valence-electron chi connectivity index (χ3n) is 3.60. The first kappa shape index (κ1) is 13.4. The minimum atomic E-state index is -1.53. The van der Waals surface area contributed by atoms with Crippen LogP contribution in [0.1, 0.15) is 33.6 Å². The Morgan fingerprint density at radius 1 is 1.00 bits per heavy atom. The molecule has 0 unspecified atom stereocenters. The highest BCUT2D eigenvalue weighted by Gasteiger charge is 2.32. The SMILES string of the molecule is CC[Si](CC)(CC)OC1=C(OC)CC=CC1. The Morgan fingerprint density at radius 2 is 1.50 bits per heavy atom. The van der Waals surface area contributed by atoms with Gasteiger partial charge in [-0.15, -0.1) is 0 Å². The van der Waals surface area contributed by atoms with E-state index < -0.39 is 8.32 Å². The van der Waals surface area contributed by atoms with Crippen LogP contribution in [0.5, 0.6) is 0 Å². The molecule has 0 fully saturated rings. The normalized spacial score (nSPS) is 16.5. The van der Waals surface area contributed by atoms with Gasteiger partial charge in [-0.25, -0.2) is 0 Å². The summed E-state index contributed by atoms with van der Waals surface area (Å²) < 4.78 is 11.8. The van der Waals surface area contributed by atoms with Crippen LogP contribution in [0, 0.1) is 0 Å². The lowest BCUT2D eigenvalue weighted by molar-refractivity contribution is 0.244. The van der Waals surface area contributed by atoms with Crippen molar-refractivity contribution in [2.45, 2.75) is 51.7 Å². The van der Waals surface area contributed by atoms with Crippen molar-refractivity contribution in [2.75, 3.05) is 7.11 Å². The van der Waals surface area contributed by atoms with E-state index in [0.29, 0.717) is 0 Å². The van der Waals surface area contributed by atoms with E-state index in [0.717, 1.165) is 24.4 Å². The van der Waals surface area contributed by atoms with Gasteiger partial charge in [0.2, 0.25) is 8.32 Å². The number of ether oxygens (including phenoxy) is 1. The molecule has 0 aromatic heterocycles. The van der Waals surface area contributed by atoms with E-state index in [2.05, 4.69) is 32.9 Å². The maximum Gasteiger partial charge on any atom is 0.250 e. The Labute approximate surface area is 100 Å². The summed E-state index contributed by atoms with van der Waals surface area (Å²) in [7, 11) is 0.206. The molecule has 1 aliphatic rings. The molecule has 1 rings (SSSR count). The van der Waals surface area contributed by atoms with E-state index in [9.17, 15) is 0 Å². The summed E-state index contributed by atoms with van der Waals surface area (Å²) in [4.78, 5) is 0. The van der Waals surface area contributed by atoms with Gasteiger partial charge < -0.3 is 9.16 Å². The number of hydrogen-bond donors (Lipinski definition) is 0.